The average Bonchev–Trinajstić information content (AvgIpc) is 3.10. The van der Waals surface area contributed by atoms with E-state index in [9.17, 15) is 4.39 Å². The predicted molar refractivity (Wildman–Crippen MR) is 81.6 cm³/mol. The van der Waals surface area contributed by atoms with Gasteiger partial charge < -0.3 is 5.32 Å². The Labute approximate surface area is 125 Å². The molecule has 0 aliphatic heterocycles. The zero-order chi connectivity index (χ0) is 13.9. The van der Waals surface area contributed by atoms with Crippen LogP contribution in [0, 0.1) is 17.7 Å². The lowest BCUT2D eigenvalue weighted by molar-refractivity contribution is 0.320. The fourth-order valence-electron chi connectivity index (χ4n) is 3.42. The van der Waals surface area contributed by atoms with Gasteiger partial charge in [0.2, 0.25) is 0 Å². The van der Waals surface area contributed by atoms with Crippen molar-refractivity contribution < 1.29 is 4.39 Å². The molecular weight excluding hydrogens is 273 g/mol. The maximum absolute atomic E-state index is 13.4. The van der Waals surface area contributed by atoms with Crippen molar-refractivity contribution >= 4 is 11.6 Å². The van der Waals surface area contributed by atoms with Crippen molar-refractivity contribution in [2.24, 2.45) is 11.8 Å². The first-order valence-electron chi connectivity index (χ1n) is 7.89. The van der Waals surface area contributed by atoms with Crippen LogP contribution in [0.3, 0.4) is 0 Å². The predicted octanol–water partition coefficient (Wildman–Crippen LogP) is 4.58. The quantitative estimate of drug-likeness (QED) is 0.810. The van der Waals surface area contributed by atoms with Gasteiger partial charge >= 0.3 is 0 Å². The lowest BCUT2D eigenvalue weighted by Crippen LogP contribution is -2.30. The summed E-state index contributed by atoms with van der Waals surface area (Å²) in [5, 5.41) is 4.36. The molecule has 0 spiro atoms. The molecule has 0 saturated heterocycles. The molecule has 1 aromatic carbocycles. The van der Waals surface area contributed by atoms with Gasteiger partial charge in [0.1, 0.15) is 5.82 Å². The Morgan fingerprint density at radius 2 is 1.95 bits per heavy atom. The van der Waals surface area contributed by atoms with Crippen molar-refractivity contribution in [1.82, 2.24) is 5.32 Å². The maximum atomic E-state index is 13.4. The lowest BCUT2D eigenvalue weighted by Gasteiger charge is -2.24. The van der Waals surface area contributed by atoms with Crippen LogP contribution in [-0.2, 0) is 6.42 Å². The monoisotopic (exact) mass is 295 g/mol. The molecule has 2 aliphatic rings. The maximum Gasteiger partial charge on any atom is 0.123 e. The van der Waals surface area contributed by atoms with Crippen LogP contribution in [-0.4, -0.2) is 12.6 Å². The molecule has 0 aromatic heterocycles. The highest BCUT2D eigenvalue weighted by Crippen LogP contribution is 2.34. The van der Waals surface area contributed by atoms with Crippen molar-refractivity contribution in [2.75, 3.05) is 6.54 Å². The Hall–Kier alpha value is -0.600. The van der Waals surface area contributed by atoms with Crippen LogP contribution in [0.15, 0.2) is 18.2 Å². The molecule has 1 nitrogen and oxygen atoms in total. The molecule has 2 saturated carbocycles. The van der Waals surface area contributed by atoms with Crippen LogP contribution in [0.25, 0.3) is 0 Å². The highest BCUT2D eigenvalue weighted by molar-refractivity contribution is 6.31. The van der Waals surface area contributed by atoms with E-state index >= 15 is 0 Å². The minimum atomic E-state index is -0.176. The second kappa shape index (κ2) is 6.44. The molecular formula is C17H23ClFN. The highest BCUT2D eigenvalue weighted by atomic mass is 35.5. The summed E-state index contributed by atoms with van der Waals surface area (Å²) in [7, 11) is 0. The standard InChI is InChI=1S/C17H23ClFN/c18-17-8-5-15(19)10-13(17)9-14(11-20-16-6-7-16)12-3-1-2-4-12/h5,8,10,12,14,16,20H,1-4,6-7,9,11H2. The molecule has 0 radical (unpaired) electrons. The molecule has 110 valence electrons. The molecule has 0 heterocycles. The topological polar surface area (TPSA) is 12.0 Å². The Morgan fingerprint density at radius 3 is 2.65 bits per heavy atom. The zero-order valence-corrected chi connectivity index (χ0v) is 12.6. The third-order valence-electron chi connectivity index (χ3n) is 4.80. The van der Waals surface area contributed by atoms with Crippen molar-refractivity contribution in [3.05, 3.63) is 34.6 Å². The van der Waals surface area contributed by atoms with Crippen LogP contribution < -0.4 is 5.32 Å². The SMILES string of the molecule is Fc1ccc(Cl)c(CC(CNC2CC2)C2CCCC2)c1. The normalized spacial score (nSPS) is 21.3. The first-order chi connectivity index (χ1) is 9.72. The Kier molecular flexibility index (Phi) is 4.62. The summed E-state index contributed by atoms with van der Waals surface area (Å²) in [5.74, 6) is 1.20. The van der Waals surface area contributed by atoms with Crippen molar-refractivity contribution in [3.63, 3.8) is 0 Å². The Balaban J connectivity index is 1.68. The van der Waals surface area contributed by atoms with Gasteiger partial charge in [-0.25, -0.2) is 4.39 Å². The van der Waals surface area contributed by atoms with Crippen LogP contribution in [0.2, 0.25) is 5.02 Å². The van der Waals surface area contributed by atoms with E-state index in [4.69, 9.17) is 11.6 Å². The van der Waals surface area contributed by atoms with Crippen LogP contribution in [0.4, 0.5) is 4.39 Å². The number of hydrogen-bond acceptors (Lipinski definition) is 1. The third-order valence-corrected chi connectivity index (χ3v) is 5.17. The van der Waals surface area contributed by atoms with Gasteiger partial charge in [-0.3, -0.25) is 0 Å². The lowest BCUT2D eigenvalue weighted by atomic mass is 9.85. The summed E-state index contributed by atoms with van der Waals surface area (Å²) in [5.41, 5.74) is 0.973. The highest BCUT2D eigenvalue weighted by Gasteiger charge is 2.28. The fraction of sp³-hybridized carbons (Fsp3) is 0.647. The summed E-state index contributed by atoms with van der Waals surface area (Å²) < 4.78 is 13.4. The molecule has 0 amide bonds. The van der Waals surface area contributed by atoms with Gasteiger partial charge in [-0.05, 0) is 61.4 Å². The largest absolute Gasteiger partial charge is 0.314 e. The summed E-state index contributed by atoms with van der Waals surface area (Å²) in [6.07, 6.45) is 8.88. The van der Waals surface area contributed by atoms with Gasteiger partial charge in [0.05, 0.1) is 0 Å². The van der Waals surface area contributed by atoms with E-state index in [1.807, 2.05) is 0 Å². The van der Waals surface area contributed by atoms with E-state index in [1.54, 1.807) is 12.1 Å². The molecule has 3 heteroatoms. The molecule has 1 aromatic rings. The van der Waals surface area contributed by atoms with E-state index in [2.05, 4.69) is 5.32 Å². The van der Waals surface area contributed by atoms with Crippen LogP contribution in [0.5, 0.6) is 0 Å². The average molecular weight is 296 g/mol. The molecule has 0 bridgehead atoms. The van der Waals surface area contributed by atoms with Crippen LogP contribution >= 0.6 is 11.6 Å². The van der Waals surface area contributed by atoms with E-state index in [-0.39, 0.29) is 5.82 Å². The van der Waals surface area contributed by atoms with Crippen LogP contribution in [0.1, 0.15) is 44.1 Å². The van der Waals surface area contributed by atoms with Gasteiger partial charge in [-0.15, -0.1) is 0 Å². The molecule has 1 unspecified atom stereocenters. The Morgan fingerprint density at radius 1 is 1.20 bits per heavy atom. The Bertz CT molecular complexity index is 452. The van der Waals surface area contributed by atoms with E-state index in [1.165, 1.54) is 44.6 Å². The van der Waals surface area contributed by atoms with Gasteiger partial charge in [-0.1, -0.05) is 37.3 Å². The second-order valence-corrected chi connectivity index (χ2v) is 6.83. The van der Waals surface area contributed by atoms with E-state index in [0.29, 0.717) is 10.9 Å². The molecule has 2 aliphatic carbocycles. The zero-order valence-electron chi connectivity index (χ0n) is 11.9. The molecule has 1 atom stereocenters. The van der Waals surface area contributed by atoms with Crippen molar-refractivity contribution in [3.8, 4) is 0 Å². The number of benzene rings is 1. The molecule has 20 heavy (non-hydrogen) atoms. The fourth-order valence-corrected chi connectivity index (χ4v) is 3.62. The van der Waals surface area contributed by atoms with Gasteiger partial charge in [0.25, 0.3) is 0 Å². The van der Waals surface area contributed by atoms with Gasteiger partial charge in [0.15, 0.2) is 0 Å². The minimum Gasteiger partial charge on any atom is -0.314 e. The number of halogens is 2. The third kappa shape index (κ3) is 3.73. The van der Waals surface area contributed by atoms with Crippen molar-refractivity contribution in [1.29, 1.82) is 0 Å². The second-order valence-electron chi connectivity index (χ2n) is 6.43. The van der Waals surface area contributed by atoms with Crippen molar-refractivity contribution in [2.45, 2.75) is 51.0 Å². The minimum absolute atomic E-state index is 0.176. The number of rotatable bonds is 6. The molecule has 1 N–H and O–H groups in total. The molecule has 2 fully saturated rings. The van der Waals surface area contributed by atoms with Gasteiger partial charge in [-0.2, -0.15) is 0 Å². The molecule has 3 rings (SSSR count). The first-order valence-corrected chi connectivity index (χ1v) is 8.27. The van der Waals surface area contributed by atoms with Gasteiger partial charge in [0, 0.05) is 11.1 Å². The van der Waals surface area contributed by atoms with E-state index in [0.717, 1.165) is 30.5 Å². The number of hydrogen-bond donors (Lipinski definition) is 1. The smallest absolute Gasteiger partial charge is 0.123 e. The summed E-state index contributed by atoms with van der Waals surface area (Å²) >= 11 is 6.23. The van der Waals surface area contributed by atoms with E-state index < -0.39 is 0 Å². The summed E-state index contributed by atoms with van der Waals surface area (Å²) in [6.45, 7) is 1.06. The summed E-state index contributed by atoms with van der Waals surface area (Å²) in [6, 6.07) is 5.48. The summed E-state index contributed by atoms with van der Waals surface area (Å²) in [4.78, 5) is 0. The number of nitrogens with one attached hydrogen (secondary N) is 1. The first kappa shape index (κ1) is 14.3.